The van der Waals surface area contributed by atoms with Crippen LogP contribution >= 0.6 is 11.8 Å². The number of hydrogen-bond acceptors (Lipinski definition) is 3. The molecule has 22 heavy (non-hydrogen) atoms. The highest BCUT2D eigenvalue weighted by Crippen LogP contribution is 2.41. The SMILES string of the molecule is Cc1ccc2c(c1)C[C@H](O)c1cc([C@H](C)C(=O)O)ccc1S2. The standard InChI is InChI=1S/C18H18O3S/c1-10-3-5-16-13(7-10)9-15(19)14-8-12(11(2)18(20)21)4-6-17(14)22-16/h3-8,11,15,19H,9H2,1-2H3,(H,20,21)/t11-,15-/m0/s1. The Kier molecular flexibility index (Phi) is 3.98. The Balaban J connectivity index is 2.04. The van der Waals surface area contributed by atoms with Gasteiger partial charge in [0.05, 0.1) is 12.0 Å². The molecular weight excluding hydrogens is 296 g/mol. The van der Waals surface area contributed by atoms with Crippen LogP contribution in [0, 0.1) is 6.92 Å². The molecule has 0 fully saturated rings. The molecule has 0 unspecified atom stereocenters. The highest BCUT2D eigenvalue weighted by Gasteiger charge is 2.23. The van der Waals surface area contributed by atoms with Crippen molar-refractivity contribution in [3.63, 3.8) is 0 Å². The van der Waals surface area contributed by atoms with Gasteiger partial charge < -0.3 is 10.2 Å². The van der Waals surface area contributed by atoms with Gasteiger partial charge >= 0.3 is 5.97 Å². The smallest absolute Gasteiger partial charge is 0.310 e. The second-order valence-corrected chi connectivity index (χ2v) is 6.87. The molecule has 2 N–H and O–H groups in total. The van der Waals surface area contributed by atoms with Crippen molar-refractivity contribution >= 4 is 17.7 Å². The fraction of sp³-hybridized carbons (Fsp3) is 0.278. The molecule has 1 heterocycles. The molecule has 0 radical (unpaired) electrons. The number of rotatable bonds is 2. The lowest BCUT2D eigenvalue weighted by atomic mass is 9.95. The highest BCUT2D eigenvalue weighted by molar-refractivity contribution is 7.99. The third kappa shape index (κ3) is 2.76. The van der Waals surface area contributed by atoms with E-state index >= 15 is 0 Å². The van der Waals surface area contributed by atoms with E-state index in [0.717, 1.165) is 26.5 Å². The number of aryl methyl sites for hydroxylation is 1. The number of aliphatic hydroxyl groups is 1. The summed E-state index contributed by atoms with van der Waals surface area (Å²) in [4.78, 5) is 13.3. The molecule has 114 valence electrons. The van der Waals surface area contributed by atoms with Crippen molar-refractivity contribution in [2.24, 2.45) is 0 Å². The van der Waals surface area contributed by atoms with Crippen LogP contribution in [0.4, 0.5) is 0 Å². The minimum absolute atomic E-state index is 0.557. The predicted octanol–water partition coefficient (Wildman–Crippen LogP) is 3.92. The molecular formula is C18H18O3S. The molecule has 2 aromatic carbocycles. The summed E-state index contributed by atoms with van der Waals surface area (Å²) in [7, 11) is 0. The Hall–Kier alpha value is -1.78. The van der Waals surface area contributed by atoms with Crippen molar-refractivity contribution in [2.75, 3.05) is 0 Å². The molecule has 1 aliphatic rings. The Morgan fingerprint density at radius 3 is 2.68 bits per heavy atom. The molecule has 3 rings (SSSR count). The normalized spacial score (nSPS) is 18.0. The van der Waals surface area contributed by atoms with Crippen molar-refractivity contribution in [3.05, 3.63) is 58.7 Å². The van der Waals surface area contributed by atoms with Gasteiger partial charge in [-0.05, 0) is 42.7 Å². The zero-order chi connectivity index (χ0) is 15.9. The lowest BCUT2D eigenvalue weighted by molar-refractivity contribution is -0.138. The number of carboxylic acid groups (broad SMARTS) is 1. The number of fused-ring (bicyclic) bond motifs is 2. The van der Waals surface area contributed by atoms with E-state index in [2.05, 4.69) is 18.2 Å². The number of carboxylic acids is 1. The maximum absolute atomic E-state index is 11.2. The van der Waals surface area contributed by atoms with Gasteiger partial charge in [-0.15, -0.1) is 0 Å². The summed E-state index contributed by atoms with van der Waals surface area (Å²) >= 11 is 1.64. The van der Waals surface area contributed by atoms with Gasteiger partial charge in [0.25, 0.3) is 0 Å². The van der Waals surface area contributed by atoms with Crippen molar-refractivity contribution < 1.29 is 15.0 Å². The minimum Gasteiger partial charge on any atom is -0.481 e. The van der Waals surface area contributed by atoms with E-state index < -0.39 is 18.0 Å². The molecule has 0 saturated carbocycles. The van der Waals surface area contributed by atoms with E-state index in [4.69, 9.17) is 5.11 Å². The number of hydrogen-bond donors (Lipinski definition) is 2. The summed E-state index contributed by atoms with van der Waals surface area (Å²) < 4.78 is 0. The van der Waals surface area contributed by atoms with Gasteiger partial charge in [0.15, 0.2) is 0 Å². The second-order valence-electron chi connectivity index (χ2n) is 5.79. The van der Waals surface area contributed by atoms with Crippen LogP contribution in [-0.2, 0) is 11.2 Å². The van der Waals surface area contributed by atoms with Crippen LogP contribution in [-0.4, -0.2) is 16.2 Å². The molecule has 0 saturated heterocycles. The lowest BCUT2D eigenvalue weighted by Crippen LogP contribution is -2.09. The monoisotopic (exact) mass is 314 g/mol. The Morgan fingerprint density at radius 2 is 1.95 bits per heavy atom. The fourth-order valence-electron chi connectivity index (χ4n) is 2.74. The Morgan fingerprint density at radius 1 is 1.23 bits per heavy atom. The molecule has 4 heteroatoms. The summed E-state index contributed by atoms with van der Waals surface area (Å²) in [5, 5.41) is 19.7. The first-order valence-electron chi connectivity index (χ1n) is 7.28. The number of carbonyl (C=O) groups is 1. The zero-order valence-corrected chi connectivity index (χ0v) is 13.4. The van der Waals surface area contributed by atoms with Crippen molar-refractivity contribution in [3.8, 4) is 0 Å². The first kappa shape index (κ1) is 15.1. The van der Waals surface area contributed by atoms with Crippen LogP contribution in [0.25, 0.3) is 0 Å². The maximum Gasteiger partial charge on any atom is 0.310 e. The van der Waals surface area contributed by atoms with Gasteiger partial charge in [0.2, 0.25) is 0 Å². The van der Waals surface area contributed by atoms with E-state index in [1.165, 1.54) is 5.56 Å². The van der Waals surface area contributed by atoms with Crippen LogP contribution in [0.1, 0.15) is 41.2 Å². The van der Waals surface area contributed by atoms with E-state index in [1.807, 2.05) is 25.1 Å². The van der Waals surface area contributed by atoms with Crippen molar-refractivity contribution in [1.82, 2.24) is 0 Å². The van der Waals surface area contributed by atoms with Gasteiger partial charge in [0, 0.05) is 16.2 Å². The number of aliphatic hydroxyl groups excluding tert-OH is 1. The first-order chi connectivity index (χ1) is 10.5. The molecule has 0 amide bonds. The van der Waals surface area contributed by atoms with E-state index in [0.29, 0.717) is 6.42 Å². The van der Waals surface area contributed by atoms with E-state index in [9.17, 15) is 9.90 Å². The molecule has 0 aliphatic carbocycles. The molecule has 3 nitrogen and oxygen atoms in total. The predicted molar refractivity (Wildman–Crippen MR) is 86.5 cm³/mol. The van der Waals surface area contributed by atoms with Gasteiger partial charge in [-0.3, -0.25) is 4.79 Å². The average Bonchev–Trinajstić information content (AvgIpc) is 2.62. The molecule has 0 spiro atoms. The Labute approximate surface area is 134 Å². The van der Waals surface area contributed by atoms with Gasteiger partial charge in [-0.2, -0.15) is 0 Å². The van der Waals surface area contributed by atoms with Crippen LogP contribution in [0.5, 0.6) is 0 Å². The number of aliphatic carboxylic acids is 1. The highest BCUT2D eigenvalue weighted by atomic mass is 32.2. The number of benzene rings is 2. The molecule has 0 aromatic heterocycles. The van der Waals surface area contributed by atoms with Crippen LogP contribution < -0.4 is 0 Å². The molecule has 1 aliphatic heterocycles. The van der Waals surface area contributed by atoms with E-state index in [1.54, 1.807) is 18.7 Å². The molecule has 2 atom stereocenters. The summed E-state index contributed by atoms with van der Waals surface area (Å²) in [5.74, 6) is -1.43. The first-order valence-corrected chi connectivity index (χ1v) is 8.09. The average molecular weight is 314 g/mol. The third-order valence-electron chi connectivity index (χ3n) is 4.11. The zero-order valence-electron chi connectivity index (χ0n) is 12.5. The van der Waals surface area contributed by atoms with Gasteiger partial charge in [0.1, 0.15) is 0 Å². The fourth-order valence-corrected chi connectivity index (χ4v) is 3.83. The summed E-state index contributed by atoms with van der Waals surface area (Å²) in [6, 6.07) is 11.9. The third-order valence-corrected chi connectivity index (χ3v) is 5.32. The van der Waals surface area contributed by atoms with Crippen LogP contribution in [0.3, 0.4) is 0 Å². The topological polar surface area (TPSA) is 57.5 Å². The van der Waals surface area contributed by atoms with Crippen molar-refractivity contribution in [2.45, 2.75) is 42.1 Å². The summed E-state index contributed by atoms with van der Waals surface area (Å²) in [5.41, 5.74) is 3.87. The second kappa shape index (κ2) is 5.78. The largest absolute Gasteiger partial charge is 0.481 e. The van der Waals surface area contributed by atoms with E-state index in [-0.39, 0.29) is 0 Å². The van der Waals surface area contributed by atoms with Crippen LogP contribution in [0.2, 0.25) is 0 Å². The Bertz CT molecular complexity index is 739. The summed E-state index contributed by atoms with van der Waals surface area (Å²) in [6.45, 7) is 3.71. The lowest BCUT2D eigenvalue weighted by Gasteiger charge is -2.15. The maximum atomic E-state index is 11.2. The van der Waals surface area contributed by atoms with Gasteiger partial charge in [-0.25, -0.2) is 0 Å². The van der Waals surface area contributed by atoms with Crippen LogP contribution in [0.15, 0.2) is 46.2 Å². The molecule has 2 aromatic rings. The minimum atomic E-state index is -0.852. The van der Waals surface area contributed by atoms with Crippen molar-refractivity contribution in [1.29, 1.82) is 0 Å². The molecule has 0 bridgehead atoms. The van der Waals surface area contributed by atoms with Gasteiger partial charge in [-0.1, -0.05) is 41.6 Å². The quantitative estimate of drug-likeness (QED) is 0.882. The summed E-state index contributed by atoms with van der Waals surface area (Å²) in [6.07, 6.45) is -0.0476.